The topological polar surface area (TPSA) is 9.23 Å². The van der Waals surface area contributed by atoms with Gasteiger partial charge in [0.2, 0.25) is 0 Å². The fourth-order valence-electron chi connectivity index (χ4n) is 3.32. The molecule has 6 unspecified atom stereocenters. The van der Waals surface area contributed by atoms with Crippen LogP contribution in [0.1, 0.15) is 41.5 Å². The predicted octanol–water partition coefficient (Wildman–Crippen LogP) is 4.20. The molecule has 0 amide bonds. The van der Waals surface area contributed by atoms with Gasteiger partial charge in [0.25, 0.3) is 0 Å². The van der Waals surface area contributed by atoms with E-state index in [0.29, 0.717) is 35.9 Å². The highest BCUT2D eigenvalue weighted by atomic mass is 16.5. The normalized spacial score (nSPS) is 46.0. The summed E-state index contributed by atoms with van der Waals surface area (Å²) in [5, 5.41) is 0. The van der Waals surface area contributed by atoms with Gasteiger partial charge in [0.05, 0.1) is 12.2 Å². The minimum Gasteiger partial charge on any atom is -0.366 e. The summed E-state index contributed by atoms with van der Waals surface area (Å²) in [6.07, 6.45) is 5.40. The van der Waals surface area contributed by atoms with Gasteiger partial charge in [-0.2, -0.15) is 0 Å². The van der Waals surface area contributed by atoms with Crippen molar-refractivity contribution in [3.8, 4) is 0 Å². The summed E-state index contributed by atoms with van der Waals surface area (Å²) in [5.41, 5.74) is 2.84. The zero-order valence-corrected chi connectivity index (χ0v) is 12.0. The lowest BCUT2D eigenvalue weighted by Gasteiger charge is -2.29. The molecule has 0 N–H and O–H groups in total. The third-order valence-corrected chi connectivity index (χ3v) is 4.86. The molecule has 0 spiro atoms. The van der Waals surface area contributed by atoms with Crippen LogP contribution in [0.4, 0.5) is 0 Å². The smallest absolute Gasteiger partial charge is 0.0821 e. The molecule has 0 bridgehead atoms. The molecular formula is C16H26O. The molecule has 2 rings (SSSR count). The second kappa shape index (κ2) is 4.61. The lowest BCUT2D eigenvalue weighted by molar-refractivity contribution is -0.0241. The van der Waals surface area contributed by atoms with Crippen LogP contribution in [0.15, 0.2) is 23.3 Å². The van der Waals surface area contributed by atoms with Crippen LogP contribution in [-0.4, -0.2) is 12.2 Å². The van der Waals surface area contributed by atoms with Gasteiger partial charge in [0.1, 0.15) is 0 Å². The first-order valence-electron chi connectivity index (χ1n) is 6.94. The van der Waals surface area contributed by atoms with Crippen molar-refractivity contribution in [2.75, 3.05) is 0 Å². The van der Waals surface area contributed by atoms with Crippen molar-refractivity contribution < 1.29 is 4.74 Å². The molecule has 17 heavy (non-hydrogen) atoms. The Morgan fingerprint density at radius 2 is 1.12 bits per heavy atom. The van der Waals surface area contributed by atoms with Gasteiger partial charge in [0.15, 0.2) is 0 Å². The highest BCUT2D eigenvalue weighted by molar-refractivity contribution is 5.21. The number of allylic oxidation sites excluding steroid dienone is 2. The minimum atomic E-state index is 0.325. The summed E-state index contributed by atoms with van der Waals surface area (Å²) >= 11 is 0. The fourth-order valence-corrected chi connectivity index (χ4v) is 3.32. The van der Waals surface area contributed by atoms with Crippen molar-refractivity contribution in [3.63, 3.8) is 0 Å². The van der Waals surface area contributed by atoms with E-state index >= 15 is 0 Å². The van der Waals surface area contributed by atoms with Gasteiger partial charge in [-0.3, -0.25) is 0 Å². The summed E-state index contributed by atoms with van der Waals surface area (Å²) in [7, 11) is 0. The molecule has 0 aliphatic heterocycles. The highest BCUT2D eigenvalue weighted by Crippen LogP contribution is 2.39. The van der Waals surface area contributed by atoms with Crippen molar-refractivity contribution in [1.82, 2.24) is 0 Å². The molecule has 0 fully saturated rings. The largest absolute Gasteiger partial charge is 0.366 e. The minimum absolute atomic E-state index is 0.325. The first kappa shape index (κ1) is 12.9. The molecule has 0 aromatic carbocycles. The second-order valence-electron chi connectivity index (χ2n) is 6.24. The summed E-state index contributed by atoms with van der Waals surface area (Å²) in [6, 6.07) is 0. The van der Waals surface area contributed by atoms with Crippen LogP contribution in [0.5, 0.6) is 0 Å². The summed E-state index contributed by atoms with van der Waals surface area (Å²) in [4.78, 5) is 0. The Labute approximate surface area is 106 Å². The van der Waals surface area contributed by atoms with Crippen LogP contribution in [0, 0.1) is 23.7 Å². The molecule has 96 valence electrons. The van der Waals surface area contributed by atoms with E-state index in [9.17, 15) is 0 Å². The van der Waals surface area contributed by atoms with Crippen molar-refractivity contribution in [1.29, 1.82) is 0 Å². The lowest BCUT2D eigenvalue weighted by Crippen LogP contribution is -2.31. The van der Waals surface area contributed by atoms with Gasteiger partial charge in [-0.25, -0.2) is 0 Å². The molecule has 1 nitrogen and oxygen atoms in total. The fraction of sp³-hybridized carbons (Fsp3) is 0.750. The van der Waals surface area contributed by atoms with Crippen molar-refractivity contribution in [2.24, 2.45) is 23.7 Å². The van der Waals surface area contributed by atoms with E-state index in [1.54, 1.807) is 0 Å². The molecule has 2 aliphatic rings. The van der Waals surface area contributed by atoms with Crippen LogP contribution in [-0.2, 0) is 4.74 Å². The molecule has 0 saturated carbocycles. The molecule has 1 heteroatoms. The Bertz CT molecular complexity index is 319. The molecule has 0 saturated heterocycles. The van der Waals surface area contributed by atoms with Crippen LogP contribution in [0.3, 0.4) is 0 Å². The standard InChI is InChI=1S/C16H26O/c1-9-7-11(3)15(13(9)5)17-16-12(4)8-10(2)14(16)6/h7-10,13-16H,1-6H3. The number of ether oxygens (including phenoxy) is 1. The average molecular weight is 234 g/mol. The third-order valence-electron chi connectivity index (χ3n) is 4.86. The maximum Gasteiger partial charge on any atom is 0.0821 e. The predicted molar refractivity (Wildman–Crippen MR) is 72.8 cm³/mol. The molecule has 0 radical (unpaired) electrons. The van der Waals surface area contributed by atoms with E-state index in [2.05, 4.69) is 53.7 Å². The van der Waals surface area contributed by atoms with Gasteiger partial charge in [-0.1, -0.05) is 39.8 Å². The van der Waals surface area contributed by atoms with Gasteiger partial charge in [-0.15, -0.1) is 0 Å². The maximum atomic E-state index is 6.43. The van der Waals surface area contributed by atoms with E-state index in [1.807, 2.05) is 0 Å². The number of rotatable bonds is 2. The van der Waals surface area contributed by atoms with Crippen molar-refractivity contribution >= 4 is 0 Å². The van der Waals surface area contributed by atoms with Gasteiger partial charge < -0.3 is 4.74 Å². The zero-order chi connectivity index (χ0) is 12.7. The van der Waals surface area contributed by atoms with Crippen LogP contribution >= 0.6 is 0 Å². The lowest BCUT2D eigenvalue weighted by atomic mass is 9.94. The van der Waals surface area contributed by atoms with E-state index < -0.39 is 0 Å². The average Bonchev–Trinajstić information content (AvgIpc) is 2.62. The van der Waals surface area contributed by atoms with Crippen LogP contribution in [0.2, 0.25) is 0 Å². The SMILES string of the molecule is CC1=CC(C)C(C)C1OC1C(C)=CC(C)C1C. The third kappa shape index (κ3) is 2.22. The van der Waals surface area contributed by atoms with Crippen molar-refractivity contribution in [3.05, 3.63) is 23.3 Å². The Morgan fingerprint density at radius 1 is 0.765 bits per heavy atom. The Hall–Kier alpha value is -0.560. The summed E-state index contributed by atoms with van der Waals surface area (Å²) in [6.45, 7) is 13.6. The molecule has 6 atom stereocenters. The zero-order valence-electron chi connectivity index (χ0n) is 12.0. The molecular weight excluding hydrogens is 208 g/mol. The van der Waals surface area contributed by atoms with Gasteiger partial charge >= 0.3 is 0 Å². The summed E-state index contributed by atoms with van der Waals surface area (Å²) in [5.74, 6) is 2.54. The van der Waals surface area contributed by atoms with Gasteiger partial charge in [-0.05, 0) is 48.7 Å². The monoisotopic (exact) mass is 234 g/mol. The van der Waals surface area contributed by atoms with E-state index in [1.165, 1.54) is 11.1 Å². The Kier molecular flexibility index (Phi) is 3.49. The van der Waals surface area contributed by atoms with Crippen LogP contribution < -0.4 is 0 Å². The van der Waals surface area contributed by atoms with E-state index in [-0.39, 0.29) is 0 Å². The molecule has 0 aromatic heterocycles. The first-order chi connectivity index (χ1) is 7.91. The molecule has 0 aromatic rings. The number of hydrogen-bond acceptors (Lipinski definition) is 1. The summed E-state index contributed by atoms with van der Waals surface area (Å²) < 4.78 is 6.43. The Morgan fingerprint density at radius 3 is 1.35 bits per heavy atom. The quantitative estimate of drug-likeness (QED) is 0.650. The maximum absolute atomic E-state index is 6.43. The highest BCUT2D eigenvalue weighted by Gasteiger charge is 2.37. The second-order valence-corrected chi connectivity index (χ2v) is 6.24. The molecule has 2 aliphatic carbocycles. The van der Waals surface area contributed by atoms with E-state index in [4.69, 9.17) is 4.74 Å². The van der Waals surface area contributed by atoms with E-state index in [0.717, 1.165) is 0 Å². The van der Waals surface area contributed by atoms with Crippen molar-refractivity contribution in [2.45, 2.75) is 53.8 Å². The number of hydrogen-bond donors (Lipinski definition) is 0. The molecule has 0 heterocycles. The Balaban J connectivity index is 2.08. The van der Waals surface area contributed by atoms with Crippen LogP contribution in [0.25, 0.3) is 0 Å². The first-order valence-corrected chi connectivity index (χ1v) is 6.94. The van der Waals surface area contributed by atoms with Gasteiger partial charge in [0, 0.05) is 0 Å².